The maximum Gasteiger partial charge on any atom is 0.119 e. The van der Waals surface area contributed by atoms with Gasteiger partial charge in [-0.1, -0.05) is 48.5 Å². The Labute approximate surface area is 95.1 Å². The molecule has 0 amide bonds. The highest BCUT2D eigenvalue weighted by Gasteiger charge is 2.06. The number of para-hydroxylation sites is 1. The van der Waals surface area contributed by atoms with Gasteiger partial charge in [0.05, 0.1) is 0 Å². The van der Waals surface area contributed by atoms with E-state index in [1.165, 1.54) is 0 Å². The maximum atomic E-state index is 9.86. The van der Waals surface area contributed by atoms with Crippen LogP contribution in [0.4, 0.5) is 0 Å². The minimum Gasteiger partial charge on any atom is -0.491 e. The lowest BCUT2D eigenvalue weighted by Crippen LogP contribution is -2.09. The summed E-state index contributed by atoms with van der Waals surface area (Å²) in [5.41, 5.74) is 0.874. The number of hydrogen-bond donors (Lipinski definition) is 1. The fraction of sp³-hybridized carbons (Fsp3) is 0.143. The van der Waals surface area contributed by atoms with Gasteiger partial charge in [-0.3, -0.25) is 0 Å². The van der Waals surface area contributed by atoms with Crippen molar-refractivity contribution in [2.75, 3.05) is 6.61 Å². The Hall–Kier alpha value is -1.80. The maximum absolute atomic E-state index is 9.86. The van der Waals surface area contributed by atoms with E-state index in [2.05, 4.69) is 0 Å². The zero-order chi connectivity index (χ0) is 11.2. The molecule has 1 N–H and O–H groups in total. The van der Waals surface area contributed by atoms with E-state index >= 15 is 0 Å². The molecule has 0 spiro atoms. The molecular weight excluding hydrogens is 200 g/mol. The molecule has 0 aliphatic rings. The lowest BCUT2D eigenvalue weighted by molar-refractivity contribution is 0.108. The highest BCUT2D eigenvalue weighted by atomic mass is 16.5. The third kappa shape index (κ3) is 2.84. The number of benzene rings is 2. The van der Waals surface area contributed by atoms with Gasteiger partial charge in [0, 0.05) is 0 Å². The first-order valence-electron chi connectivity index (χ1n) is 5.27. The SMILES string of the molecule is O[C@H](COc1ccccc1)c1ccccc1. The standard InChI is InChI=1S/C14H14O2/c15-14(12-7-3-1-4-8-12)11-16-13-9-5-2-6-10-13/h1-10,14-15H,11H2/t14-/m1/s1. The van der Waals surface area contributed by atoms with Crippen LogP contribution >= 0.6 is 0 Å². The number of aliphatic hydroxyl groups is 1. The van der Waals surface area contributed by atoms with Crippen LogP contribution in [0.15, 0.2) is 60.7 Å². The summed E-state index contributed by atoms with van der Waals surface area (Å²) in [6.45, 7) is 0.272. The summed E-state index contributed by atoms with van der Waals surface area (Å²) >= 11 is 0. The monoisotopic (exact) mass is 214 g/mol. The lowest BCUT2D eigenvalue weighted by Gasteiger charge is -2.12. The van der Waals surface area contributed by atoms with E-state index < -0.39 is 6.10 Å². The quantitative estimate of drug-likeness (QED) is 0.848. The molecule has 0 saturated carbocycles. The molecule has 0 aromatic heterocycles. The third-order valence-corrected chi connectivity index (χ3v) is 2.34. The van der Waals surface area contributed by atoms with Crippen molar-refractivity contribution in [1.82, 2.24) is 0 Å². The van der Waals surface area contributed by atoms with Crippen molar-refractivity contribution >= 4 is 0 Å². The third-order valence-electron chi connectivity index (χ3n) is 2.34. The number of rotatable bonds is 4. The van der Waals surface area contributed by atoms with Crippen molar-refractivity contribution in [2.45, 2.75) is 6.10 Å². The van der Waals surface area contributed by atoms with Crippen molar-refractivity contribution in [3.05, 3.63) is 66.2 Å². The molecular formula is C14H14O2. The Morgan fingerprint density at radius 3 is 2.06 bits per heavy atom. The van der Waals surface area contributed by atoms with Gasteiger partial charge in [0.25, 0.3) is 0 Å². The molecule has 0 fully saturated rings. The molecule has 2 aromatic carbocycles. The number of hydrogen-bond acceptors (Lipinski definition) is 2. The first-order chi connectivity index (χ1) is 7.86. The summed E-state index contributed by atoms with van der Waals surface area (Å²) < 4.78 is 5.47. The van der Waals surface area contributed by atoms with Crippen molar-refractivity contribution in [2.24, 2.45) is 0 Å². The molecule has 2 heteroatoms. The van der Waals surface area contributed by atoms with E-state index in [-0.39, 0.29) is 6.61 Å². The lowest BCUT2D eigenvalue weighted by atomic mass is 10.1. The van der Waals surface area contributed by atoms with E-state index in [9.17, 15) is 5.11 Å². The number of aliphatic hydroxyl groups excluding tert-OH is 1. The van der Waals surface area contributed by atoms with Crippen molar-refractivity contribution in [3.63, 3.8) is 0 Å². The van der Waals surface area contributed by atoms with Gasteiger partial charge in [0.1, 0.15) is 18.5 Å². The van der Waals surface area contributed by atoms with Gasteiger partial charge in [0.2, 0.25) is 0 Å². The second kappa shape index (κ2) is 5.33. The zero-order valence-electron chi connectivity index (χ0n) is 8.91. The second-order valence-electron chi connectivity index (χ2n) is 3.55. The number of ether oxygens (including phenoxy) is 1. The minimum atomic E-state index is -0.582. The zero-order valence-corrected chi connectivity index (χ0v) is 8.91. The van der Waals surface area contributed by atoms with Crippen LogP contribution in [-0.2, 0) is 0 Å². The molecule has 0 aliphatic carbocycles. The van der Waals surface area contributed by atoms with Gasteiger partial charge < -0.3 is 9.84 Å². The Morgan fingerprint density at radius 2 is 1.44 bits per heavy atom. The van der Waals surface area contributed by atoms with Crippen LogP contribution in [0, 0.1) is 0 Å². The van der Waals surface area contributed by atoms with E-state index in [0.29, 0.717) is 0 Å². The summed E-state index contributed by atoms with van der Waals surface area (Å²) in [7, 11) is 0. The summed E-state index contributed by atoms with van der Waals surface area (Å²) in [6, 6.07) is 19.0. The van der Waals surface area contributed by atoms with Crippen LogP contribution in [-0.4, -0.2) is 11.7 Å². The van der Waals surface area contributed by atoms with E-state index in [1.807, 2.05) is 60.7 Å². The molecule has 2 rings (SSSR count). The molecule has 0 unspecified atom stereocenters. The van der Waals surface area contributed by atoms with Gasteiger partial charge in [-0.25, -0.2) is 0 Å². The van der Waals surface area contributed by atoms with E-state index in [4.69, 9.17) is 4.74 Å². The van der Waals surface area contributed by atoms with Crippen LogP contribution in [0.1, 0.15) is 11.7 Å². The molecule has 2 nitrogen and oxygen atoms in total. The van der Waals surface area contributed by atoms with Crippen LogP contribution in [0.25, 0.3) is 0 Å². The van der Waals surface area contributed by atoms with E-state index in [0.717, 1.165) is 11.3 Å². The van der Waals surface area contributed by atoms with Gasteiger partial charge in [-0.05, 0) is 17.7 Å². The van der Waals surface area contributed by atoms with Crippen molar-refractivity contribution in [1.29, 1.82) is 0 Å². The summed E-state index contributed by atoms with van der Waals surface area (Å²) in [5.74, 6) is 0.775. The predicted molar refractivity (Wildman–Crippen MR) is 63.3 cm³/mol. The fourth-order valence-corrected chi connectivity index (χ4v) is 1.46. The Bertz CT molecular complexity index is 411. The highest BCUT2D eigenvalue weighted by Crippen LogP contribution is 2.15. The molecule has 0 heterocycles. The summed E-state index contributed by atoms with van der Waals surface area (Å²) in [4.78, 5) is 0. The van der Waals surface area contributed by atoms with Gasteiger partial charge in [-0.2, -0.15) is 0 Å². The van der Waals surface area contributed by atoms with Crippen molar-refractivity contribution < 1.29 is 9.84 Å². The molecule has 0 bridgehead atoms. The van der Waals surface area contributed by atoms with Crippen LogP contribution in [0.2, 0.25) is 0 Å². The molecule has 16 heavy (non-hydrogen) atoms. The smallest absolute Gasteiger partial charge is 0.119 e. The van der Waals surface area contributed by atoms with Crippen LogP contribution < -0.4 is 4.74 Å². The van der Waals surface area contributed by atoms with Crippen LogP contribution in [0.5, 0.6) is 5.75 Å². The topological polar surface area (TPSA) is 29.5 Å². The summed E-state index contributed by atoms with van der Waals surface area (Å²) in [6.07, 6.45) is -0.582. The molecule has 0 radical (unpaired) electrons. The Balaban J connectivity index is 1.92. The van der Waals surface area contributed by atoms with Gasteiger partial charge in [-0.15, -0.1) is 0 Å². The largest absolute Gasteiger partial charge is 0.491 e. The Kier molecular flexibility index (Phi) is 3.57. The first kappa shape index (κ1) is 10.7. The average Bonchev–Trinajstić information content (AvgIpc) is 2.38. The highest BCUT2D eigenvalue weighted by molar-refractivity contribution is 5.22. The van der Waals surface area contributed by atoms with Crippen molar-refractivity contribution in [3.8, 4) is 5.75 Å². The van der Waals surface area contributed by atoms with E-state index in [1.54, 1.807) is 0 Å². The molecule has 2 aromatic rings. The predicted octanol–water partition coefficient (Wildman–Crippen LogP) is 2.80. The minimum absolute atomic E-state index is 0.272. The average molecular weight is 214 g/mol. The molecule has 0 saturated heterocycles. The summed E-state index contributed by atoms with van der Waals surface area (Å²) in [5, 5.41) is 9.86. The fourth-order valence-electron chi connectivity index (χ4n) is 1.46. The van der Waals surface area contributed by atoms with Gasteiger partial charge in [0.15, 0.2) is 0 Å². The Morgan fingerprint density at radius 1 is 0.875 bits per heavy atom. The van der Waals surface area contributed by atoms with Gasteiger partial charge >= 0.3 is 0 Å². The normalized spacial score (nSPS) is 12.1. The first-order valence-corrected chi connectivity index (χ1v) is 5.27. The second-order valence-corrected chi connectivity index (χ2v) is 3.55. The molecule has 0 aliphatic heterocycles. The molecule has 82 valence electrons. The molecule has 1 atom stereocenters. The van der Waals surface area contributed by atoms with Crippen LogP contribution in [0.3, 0.4) is 0 Å².